The van der Waals surface area contributed by atoms with E-state index in [2.05, 4.69) is 50.4 Å². The van der Waals surface area contributed by atoms with Gasteiger partial charge in [0.1, 0.15) is 0 Å². The lowest BCUT2D eigenvalue weighted by Crippen LogP contribution is -2.29. The van der Waals surface area contributed by atoms with Gasteiger partial charge in [-0.15, -0.1) is 11.8 Å². The second-order valence-corrected chi connectivity index (χ2v) is 7.41. The van der Waals surface area contributed by atoms with Gasteiger partial charge in [0.25, 0.3) is 5.91 Å². The monoisotopic (exact) mass is 292 g/mol. The van der Waals surface area contributed by atoms with Crippen LogP contribution in [0, 0.1) is 12.3 Å². The molecule has 20 heavy (non-hydrogen) atoms. The summed E-state index contributed by atoms with van der Waals surface area (Å²) >= 11 is 1.54. The fraction of sp³-hybridized carbons (Fsp3) is 0.500. The normalized spacial score (nSPS) is 14.0. The van der Waals surface area contributed by atoms with E-state index >= 15 is 0 Å². The molecule has 1 N–H and O–H groups in total. The minimum absolute atomic E-state index is 0.0272. The van der Waals surface area contributed by atoms with Crippen LogP contribution < -0.4 is 5.43 Å². The summed E-state index contributed by atoms with van der Waals surface area (Å²) in [5.41, 5.74) is 4.76. The summed E-state index contributed by atoms with van der Waals surface area (Å²) in [4.78, 5) is 13.1. The maximum atomic E-state index is 12.0. The number of amides is 1. The lowest BCUT2D eigenvalue weighted by atomic mass is 9.91. The minimum atomic E-state index is -0.172. The van der Waals surface area contributed by atoms with Crippen LogP contribution in [0.4, 0.5) is 0 Å². The molecule has 110 valence electrons. The molecule has 0 aromatic heterocycles. The summed E-state index contributed by atoms with van der Waals surface area (Å²) in [6, 6.07) is 8.17. The van der Waals surface area contributed by atoms with Crippen LogP contribution >= 0.6 is 11.8 Å². The van der Waals surface area contributed by atoms with Gasteiger partial charge in [0.15, 0.2) is 0 Å². The van der Waals surface area contributed by atoms with Crippen molar-refractivity contribution in [3.05, 3.63) is 29.8 Å². The van der Waals surface area contributed by atoms with Crippen LogP contribution in [-0.4, -0.2) is 16.9 Å². The lowest BCUT2D eigenvalue weighted by Gasteiger charge is -2.18. The molecule has 0 aliphatic rings. The van der Waals surface area contributed by atoms with Gasteiger partial charge in [-0.05, 0) is 32.9 Å². The zero-order valence-corrected chi connectivity index (χ0v) is 14.0. The molecule has 1 amide bonds. The topological polar surface area (TPSA) is 41.5 Å². The van der Waals surface area contributed by atoms with Gasteiger partial charge in [0, 0.05) is 16.0 Å². The molecule has 0 unspecified atom stereocenters. The fourth-order valence-electron chi connectivity index (χ4n) is 1.27. The second kappa shape index (κ2) is 6.93. The Morgan fingerprint density at radius 2 is 1.80 bits per heavy atom. The van der Waals surface area contributed by atoms with E-state index in [0.717, 1.165) is 10.6 Å². The van der Waals surface area contributed by atoms with Crippen molar-refractivity contribution in [2.45, 2.75) is 51.7 Å². The van der Waals surface area contributed by atoms with Crippen LogP contribution in [0.1, 0.15) is 40.2 Å². The number of hydrogen-bond acceptors (Lipinski definition) is 3. The number of nitrogens with zero attached hydrogens (tertiary/aromatic N) is 1. The van der Waals surface area contributed by atoms with Gasteiger partial charge < -0.3 is 0 Å². The van der Waals surface area contributed by atoms with Crippen LogP contribution in [0.15, 0.2) is 34.3 Å². The molecule has 0 heterocycles. The second-order valence-electron chi connectivity index (χ2n) is 6.00. The molecule has 0 radical (unpaired) electrons. The molecule has 0 saturated heterocycles. The summed E-state index contributed by atoms with van der Waals surface area (Å²) < 4.78 is 0. The number of aryl methyl sites for hydroxylation is 1. The average Bonchev–Trinajstić information content (AvgIpc) is 2.36. The first kappa shape index (κ1) is 16.8. The predicted molar refractivity (Wildman–Crippen MR) is 87.2 cm³/mol. The van der Waals surface area contributed by atoms with Gasteiger partial charge in [-0.2, -0.15) is 5.10 Å². The van der Waals surface area contributed by atoms with E-state index in [1.54, 1.807) is 0 Å². The average molecular weight is 292 g/mol. The highest BCUT2D eigenvalue weighted by atomic mass is 32.2. The van der Waals surface area contributed by atoms with Crippen molar-refractivity contribution in [3.63, 3.8) is 0 Å². The lowest BCUT2D eigenvalue weighted by molar-refractivity contribution is -0.120. The van der Waals surface area contributed by atoms with Crippen molar-refractivity contribution in [3.8, 4) is 0 Å². The molecule has 1 atom stereocenters. The van der Waals surface area contributed by atoms with Crippen molar-refractivity contribution in [2.75, 3.05) is 0 Å². The Morgan fingerprint density at radius 3 is 2.30 bits per heavy atom. The Bertz CT molecular complexity index is 486. The molecule has 0 saturated carbocycles. The number of carbonyl (C=O) groups excluding carboxylic acids is 1. The Morgan fingerprint density at radius 1 is 1.25 bits per heavy atom. The van der Waals surface area contributed by atoms with Crippen LogP contribution in [0.5, 0.6) is 0 Å². The highest BCUT2D eigenvalue weighted by Gasteiger charge is 2.17. The molecule has 0 aliphatic carbocycles. The van der Waals surface area contributed by atoms with Gasteiger partial charge in [-0.1, -0.05) is 38.5 Å². The zero-order chi connectivity index (χ0) is 15.3. The van der Waals surface area contributed by atoms with Crippen molar-refractivity contribution >= 4 is 23.4 Å². The molecule has 1 aromatic carbocycles. The zero-order valence-electron chi connectivity index (χ0n) is 13.2. The van der Waals surface area contributed by atoms with Gasteiger partial charge in [-0.3, -0.25) is 4.79 Å². The Labute approximate surface area is 126 Å². The summed E-state index contributed by atoms with van der Waals surface area (Å²) in [5.74, 6) is -0.0702. The molecule has 3 nitrogen and oxygen atoms in total. The number of nitrogens with one attached hydrogen (secondary N) is 1. The fourth-order valence-corrected chi connectivity index (χ4v) is 2.13. The molecule has 0 bridgehead atoms. The number of benzene rings is 1. The van der Waals surface area contributed by atoms with E-state index in [0.29, 0.717) is 0 Å². The maximum absolute atomic E-state index is 12.0. The summed E-state index contributed by atoms with van der Waals surface area (Å²) in [5, 5.41) is 4.00. The summed E-state index contributed by atoms with van der Waals surface area (Å²) in [7, 11) is 0. The number of hydrazone groups is 1. The standard InChI is InChI=1S/C16H24N2OS/c1-11-7-9-14(10-8-11)20-12(2)15(19)18-17-13(3)16(4,5)6/h7-10,12H,1-6H3,(H,18,19)/b17-13-/t12-/m0/s1. The van der Waals surface area contributed by atoms with Gasteiger partial charge in [0.05, 0.1) is 5.25 Å². The summed E-state index contributed by atoms with van der Waals surface area (Å²) in [6.45, 7) is 12.1. The van der Waals surface area contributed by atoms with Crippen LogP contribution in [0.25, 0.3) is 0 Å². The largest absolute Gasteiger partial charge is 0.272 e. The van der Waals surface area contributed by atoms with E-state index < -0.39 is 0 Å². The molecule has 1 rings (SSSR count). The Hall–Kier alpha value is -1.29. The molecular weight excluding hydrogens is 268 g/mol. The maximum Gasteiger partial charge on any atom is 0.253 e. The first-order valence-corrected chi connectivity index (χ1v) is 7.66. The smallest absolute Gasteiger partial charge is 0.253 e. The van der Waals surface area contributed by atoms with Crippen LogP contribution in [-0.2, 0) is 4.79 Å². The van der Waals surface area contributed by atoms with Gasteiger partial charge in [0.2, 0.25) is 0 Å². The van der Waals surface area contributed by atoms with E-state index in [1.165, 1.54) is 17.3 Å². The van der Waals surface area contributed by atoms with Crippen LogP contribution in [0.3, 0.4) is 0 Å². The number of hydrogen-bond donors (Lipinski definition) is 1. The third-order valence-corrected chi connectivity index (χ3v) is 4.23. The number of thioether (sulfide) groups is 1. The van der Waals surface area contributed by atoms with Gasteiger partial charge >= 0.3 is 0 Å². The third-order valence-electron chi connectivity index (χ3n) is 3.12. The van der Waals surface area contributed by atoms with Crippen molar-refractivity contribution in [2.24, 2.45) is 10.5 Å². The highest BCUT2D eigenvalue weighted by Crippen LogP contribution is 2.23. The molecular formula is C16H24N2OS. The number of rotatable bonds is 4. The van der Waals surface area contributed by atoms with E-state index in [4.69, 9.17) is 0 Å². The first-order valence-electron chi connectivity index (χ1n) is 6.78. The molecule has 0 spiro atoms. The van der Waals surface area contributed by atoms with E-state index in [9.17, 15) is 4.79 Å². The summed E-state index contributed by atoms with van der Waals surface area (Å²) in [6.07, 6.45) is 0. The van der Waals surface area contributed by atoms with Gasteiger partial charge in [-0.25, -0.2) is 5.43 Å². The highest BCUT2D eigenvalue weighted by molar-refractivity contribution is 8.00. The third kappa shape index (κ3) is 5.37. The minimum Gasteiger partial charge on any atom is -0.272 e. The Balaban J connectivity index is 2.58. The number of carbonyl (C=O) groups is 1. The van der Waals surface area contributed by atoms with Crippen molar-refractivity contribution in [1.29, 1.82) is 0 Å². The van der Waals surface area contributed by atoms with Crippen molar-refractivity contribution in [1.82, 2.24) is 5.43 Å². The van der Waals surface area contributed by atoms with E-state index in [1.807, 2.05) is 26.0 Å². The van der Waals surface area contributed by atoms with Crippen LogP contribution in [0.2, 0.25) is 0 Å². The molecule has 4 heteroatoms. The van der Waals surface area contributed by atoms with Crippen molar-refractivity contribution < 1.29 is 4.79 Å². The molecule has 0 fully saturated rings. The quantitative estimate of drug-likeness (QED) is 0.517. The first-order chi connectivity index (χ1) is 9.20. The SMILES string of the molecule is C/C(=N/NC(=O)[C@H](C)Sc1ccc(C)cc1)C(C)(C)C. The predicted octanol–water partition coefficient (Wildman–Crippen LogP) is 4.01. The Kier molecular flexibility index (Phi) is 5.81. The molecule has 0 aliphatic heterocycles. The van der Waals surface area contributed by atoms with E-state index in [-0.39, 0.29) is 16.6 Å². The molecule has 1 aromatic rings.